The Morgan fingerprint density at radius 2 is 1.89 bits per heavy atom. The summed E-state index contributed by atoms with van der Waals surface area (Å²) in [6.07, 6.45) is 1.34. The summed E-state index contributed by atoms with van der Waals surface area (Å²) in [6.45, 7) is 0.0617. The van der Waals surface area contributed by atoms with Crippen LogP contribution in [0.4, 0.5) is 5.69 Å². The van der Waals surface area contributed by atoms with Crippen molar-refractivity contribution >= 4 is 41.5 Å². The first-order valence-electron chi connectivity index (χ1n) is 5.34. The third-order valence-electron chi connectivity index (χ3n) is 2.23. The van der Waals surface area contributed by atoms with Gasteiger partial charge in [0.25, 0.3) is 0 Å². The lowest BCUT2D eigenvalue weighted by atomic mass is 10.3. The molecule has 0 atom stereocenters. The topological polar surface area (TPSA) is 106 Å². The summed E-state index contributed by atoms with van der Waals surface area (Å²) in [5.74, 6) is -0.0571. The Labute approximate surface area is 121 Å². The fourth-order valence-electron chi connectivity index (χ4n) is 1.35. The van der Waals surface area contributed by atoms with Crippen molar-refractivity contribution in [3.8, 4) is 0 Å². The van der Waals surface area contributed by atoms with E-state index in [4.69, 9.17) is 5.73 Å². The summed E-state index contributed by atoms with van der Waals surface area (Å²) in [5.41, 5.74) is 5.98. The van der Waals surface area contributed by atoms with Crippen molar-refractivity contribution in [2.75, 3.05) is 24.3 Å². The van der Waals surface area contributed by atoms with Gasteiger partial charge in [0.05, 0.1) is 10.6 Å². The highest BCUT2D eigenvalue weighted by Gasteiger charge is 2.17. The zero-order valence-electron chi connectivity index (χ0n) is 10.3. The molecule has 6 nitrogen and oxygen atoms in total. The highest BCUT2D eigenvalue weighted by molar-refractivity contribution is 9.10. The number of hydrogen-bond acceptors (Lipinski definition) is 5. The molecule has 1 aromatic rings. The van der Waals surface area contributed by atoms with Gasteiger partial charge in [-0.1, -0.05) is 0 Å². The quantitative estimate of drug-likeness (QED) is 0.567. The Morgan fingerprint density at radius 1 is 1.26 bits per heavy atom. The average molecular weight is 371 g/mol. The van der Waals surface area contributed by atoms with Crippen molar-refractivity contribution in [1.82, 2.24) is 4.72 Å². The molecule has 0 aromatic heterocycles. The van der Waals surface area contributed by atoms with Crippen molar-refractivity contribution in [2.45, 2.75) is 11.3 Å². The highest BCUT2D eigenvalue weighted by Crippen LogP contribution is 2.23. The molecule has 9 heteroatoms. The monoisotopic (exact) mass is 370 g/mol. The summed E-state index contributed by atoms with van der Waals surface area (Å²) < 4.78 is 48.5. The van der Waals surface area contributed by atoms with Gasteiger partial charge in [-0.05, 0) is 40.5 Å². The van der Waals surface area contributed by atoms with Gasteiger partial charge in [-0.3, -0.25) is 0 Å². The average Bonchev–Trinajstić information content (AvgIpc) is 2.22. The second kappa shape index (κ2) is 6.21. The Bertz CT molecular complexity index is 656. The van der Waals surface area contributed by atoms with Crippen LogP contribution in [0.3, 0.4) is 0 Å². The third kappa shape index (κ3) is 5.47. The van der Waals surface area contributed by atoms with E-state index in [1.807, 2.05) is 0 Å². The van der Waals surface area contributed by atoms with E-state index in [-0.39, 0.29) is 23.6 Å². The zero-order chi connectivity index (χ0) is 14.7. The van der Waals surface area contributed by atoms with Gasteiger partial charge in [-0.25, -0.2) is 21.6 Å². The molecule has 0 amide bonds. The van der Waals surface area contributed by atoms with E-state index in [1.165, 1.54) is 18.2 Å². The number of anilines is 1. The van der Waals surface area contributed by atoms with Crippen molar-refractivity contribution < 1.29 is 16.8 Å². The molecule has 0 bridgehead atoms. The van der Waals surface area contributed by atoms with Gasteiger partial charge < -0.3 is 5.73 Å². The van der Waals surface area contributed by atoms with Crippen molar-refractivity contribution in [1.29, 1.82) is 0 Å². The predicted molar refractivity (Wildman–Crippen MR) is 78.1 cm³/mol. The number of sulfone groups is 1. The largest absolute Gasteiger partial charge is 0.399 e. The van der Waals surface area contributed by atoms with E-state index in [0.717, 1.165) is 6.26 Å². The normalized spacial score (nSPS) is 12.5. The Kier molecular flexibility index (Phi) is 5.36. The van der Waals surface area contributed by atoms with E-state index in [9.17, 15) is 16.8 Å². The first kappa shape index (κ1) is 16.4. The van der Waals surface area contributed by atoms with Gasteiger partial charge in [0.1, 0.15) is 9.84 Å². The first-order valence-corrected chi connectivity index (χ1v) is 9.68. The van der Waals surface area contributed by atoms with Crippen LogP contribution in [0.15, 0.2) is 27.6 Å². The fourth-order valence-corrected chi connectivity index (χ4v) is 4.19. The number of hydrogen-bond donors (Lipinski definition) is 2. The minimum absolute atomic E-state index is 0.0571. The molecule has 0 aliphatic heterocycles. The summed E-state index contributed by atoms with van der Waals surface area (Å²) in [7, 11) is -6.75. The van der Waals surface area contributed by atoms with E-state index in [1.54, 1.807) is 0 Å². The van der Waals surface area contributed by atoms with Gasteiger partial charge in [0.2, 0.25) is 10.0 Å². The van der Waals surface area contributed by atoms with Crippen LogP contribution in [0, 0.1) is 0 Å². The molecule has 1 aromatic carbocycles. The lowest BCUT2D eigenvalue weighted by Gasteiger charge is -2.08. The number of halogens is 1. The molecule has 0 spiro atoms. The fraction of sp³-hybridized carbons (Fsp3) is 0.400. The lowest BCUT2D eigenvalue weighted by Crippen LogP contribution is -2.26. The van der Waals surface area contributed by atoms with Crippen LogP contribution in [0.2, 0.25) is 0 Å². The van der Waals surface area contributed by atoms with Gasteiger partial charge in [0.15, 0.2) is 0 Å². The molecule has 0 unspecified atom stereocenters. The molecule has 0 saturated carbocycles. The van der Waals surface area contributed by atoms with Crippen LogP contribution >= 0.6 is 15.9 Å². The maximum absolute atomic E-state index is 12.0. The molecule has 0 radical (unpaired) electrons. The molecule has 108 valence electrons. The van der Waals surface area contributed by atoms with Gasteiger partial charge >= 0.3 is 0 Å². The zero-order valence-corrected chi connectivity index (χ0v) is 13.5. The third-order valence-corrected chi connectivity index (χ3v) is 5.70. The predicted octanol–water partition coefficient (Wildman–Crippen LogP) is 0.744. The number of sulfonamides is 1. The molecular formula is C10H15BrN2O4S2. The van der Waals surface area contributed by atoms with Crippen LogP contribution in [0.5, 0.6) is 0 Å². The van der Waals surface area contributed by atoms with Crippen LogP contribution < -0.4 is 10.5 Å². The van der Waals surface area contributed by atoms with Gasteiger partial charge in [0, 0.05) is 23.0 Å². The van der Waals surface area contributed by atoms with Crippen LogP contribution in [-0.2, 0) is 19.9 Å². The maximum atomic E-state index is 12.0. The maximum Gasteiger partial charge on any atom is 0.241 e. The molecule has 3 N–H and O–H groups in total. The van der Waals surface area contributed by atoms with E-state index < -0.39 is 19.9 Å². The summed E-state index contributed by atoms with van der Waals surface area (Å²) in [5, 5.41) is 0. The van der Waals surface area contributed by atoms with Crippen molar-refractivity contribution in [2.24, 2.45) is 0 Å². The summed E-state index contributed by atoms with van der Waals surface area (Å²) in [4.78, 5) is 0.0704. The number of rotatable bonds is 6. The van der Waals surface area contributed by atoms with E-state index >= 15 is 0 Å². The summed E-state index contributed by atoms with van der Waals surface area (Å²) >= 11 is 3.13. The molecule has 0 fully saturated rings. The van der Waals surface area contributed by atoms with E-state index in [2.05, 4.69) is 20.7 Å². The molecular weight excluding hydrogens is 356 g/mol. The minimum Gasteiger partial charge on any atom is -0.399 e. The smallest absolute Gasteiger partial charge is 0.241 e. The number of benzene rings is 1. The standard InChI is InChI=1S/C10H15BrN2O4S2/c1-18(14,15)6-2-5-13-19(16,17)10-4-3-8(12)7-9(10)11/h3-4,7,13H,2,5-6,12H2,1H3. The Balaban J connectivity index is 2.71. The number of nitrogens with one attached hydrogen (secondary N) is 1. The molecule has 0 heterocycles. The second-order valence-electron chi connectivity index (χ2n) is 4.07. The van der Waals surface area contributed by atoms with Crippen molar-refractivity contribution in [3.05, 3.63) is 22.7 Å². The molecule has 1 rings (SSSR count). The van der Waals surface area contributed by atoms with Crippen LogP contribution in [0.1, 0.15) is 6.42 Å². The first-order chi connectivity index (χ1) is 8.62. The molecule has 19 heavy (non-hydrogen) atoms. The molecule has 0 aliphatic carbocycles. The number of nitrogen functional groups attached to an aromatic ring is 1. The van der Waals surface area contributed by atoms with Gasteiger partial charge in [-0.15, -0.1) is 0 Å². The second-order valence-corrected chi connectivity index (χ2v) is 8.92. The molecule has 0 aliphatic rings. The lowest BCUT2D eigenvalue weighted by molar-refractivity contribution is 0.577. The summed E-state index contributed by atoms with van der Waals surface area (Å²) in [6, 6.07) is 4.36. The van der Waals surface area contributed by atoms with Gasteiger partial charge in [-0.2, -0.15) is 0 Å². The highest BCUT2D eigenvalue weighted by atomic mass is 79.9. The minimum atomic E-state index is -3.67. The van der Waals surface area contributed by atoms with Crippen molar-refractivity contribution in [3.63, 3.8) is 0 Å². The van der Waals surface area contributed by atoms with E-state index in [0.29, 0.717) is 10.2 Å². The van der Waals surface area contributed by atoms with Crippen LogP contribution in [-0.4, -0.2) is 35.4 Å². The Morgan fingerprint density at radius 3 is 2.42 bits per heavy atom. The van der Waals surface area contributed by atoms with Crippen LogP contribution in [0.25, 0.3) is 0 Å². The Hall–Kier alpha value is -0.640. The SMILES string of the molecule is CS(=O)(=O)CCCNS(=O)(=O)c1ccc(N)cc1Br. The number of nitrogens with two attached hydrogens (primary N) is 1. The molecule has 0 saturated heterocycles.